The molecule has 11 heavy (non-hydrogen) atoms. The quantitative estimate of drug-likeness (QED) is 0.528. The van der Waals surface area contributed by atoms with Gasteiger partial charge in [-0.15, -0.1) is 0 Å². The number of aliphatic hydroxyl groups is 1. The molecule has 1 aliphatic rings. The van der Waals surface area contributed by atoms with Crippen molar-refractivity contribution >= 4 is 0 Å². The third-order valence-electron chi connectivity index (χ3n) is 2.70. The van der Waals surface area contributed by atoms with Crippen molar-refractivity contribution in [1.82, 2.24) is 0 Å². The molecule has 1 unspecified atom stereocenters. The van der Waals surface area contributed by atoms with Gasteiger partial charge in [0.05, 0.1) is 6.10 Å². The second-order valence-corrected chi connectivity index (χ2v) is 3.83. The van der Waals surface area contributed by atoms with Gasteiger partial charge in [-0.25, -0.2) is 0 Å². The Morgan fingerprint density at radius 1 is 1.36 bits per heavy atom. The third-order valence-corrected chi connectivity index (χ3v) is 2.70. The highest BCUT2D eigenvalue weighted by Gasteiger charge is 2.24. The van der Waals surface area contributed by atoms with Crippen LogP contribution in [0.3, 0.4) is 0 Å². The van der Waals surface area contributed by atoms with Gasteiger partial charge in [0.15, 0.2) is 0 Å². The van der Waals surface area contributed by atoms with E-state index in [1.807, 2.05) is 13.0 Å². The summed E-state index contributed by atoms with van der Waals surface area (Å²) >= 11 is 0. The number of aliphatic hydroxyl groups excluding tert-OH is 1. The summed E-state index contributed by atoms with van der Waals surface area (Å²) in [5.74, 6) is 0. The molecule has 62 valence electrons. The predicted molar refractivity (Wildman–Crippen MR) is 47.3 cm³/mol. The van der Waals surface area contributed by atoms with Crippen LogP contribution in [0.2, 0.25) is 0 Å². The van der Waals surface area contributed by atoms with E-state index < -0.39 is 0 Å². The van der Waals surface area contributed by atoms with Crippen molar-refractivity contribution in [3.05, 3.63) is 23.3 Å². The fourth-order valence-electron chi connectivity index (χ4n) is 1.33. The van der Waals surface area contributed by atoms with Crippen LogP contribution in [0.1, 0.15) is 27.7 Å². The Labute approximate surface area is 68.4 Å². The third kappa shape index (κ3) is 1.38. The first-order valence-corrected chi connectivity index (χ1v) is 4.00. The fourth-order valence-corrected chi connectivity index (χ4v) is 1.33. The predicted octanol–water partition coefficient (Wildman–Crippen LogP) is 2.28. The minimum atomic E-state index is -0.358. The molecule has 0 aromatic rings. The molecular weight excluding hydrogens is 136 g/mol. The maximum atomic E-state index is 9.44. The van der Waals surface area contributed by atoms with Gasteiger partial charge in [0.2, 0.25) is 0 Å². The summed E-state index contributed by atoms with van der Waals surface area (Å²) in [5.41, 5.74) is 2.51. The molecule has 0 bridgehead atoms. The molecule has 0 fully saturated rings. The Morgan fingerprint density at radius 2 is 1.91 bits per heavy atom. The molecule has 1 rings (SSSR count). The van der Waals surface area contributed by atoms with E-state index in [4.69, 9.17) is 0 Å². The molecule has 0 aromatic carbocycles. The maximum Gasteiger partial charge on any atom is 0.0932 e. The highest BCUT2D eigenvalue weighted by atomic mass is 16.3. The van der Waals surface area contributed by atoms with Crippen LogP contribution >= 0.6 is 0 Å². The van der Waals surface area contributed by atoms with Gasteiger partial charge in [0.1, 0.15) is 0 Å². The van der Waals surface area contributed by atoms with E-state index >= 15 is 0 Å². The van der Waals surface area contributed by atoms with Crippen molar-refractivity contribution in [3.8, 4) is 0 Å². The van der Waals surface area contributed by atoms with E-state index in [9.17, 15) is 5.11 Å². The summed E-state index contributed by atoms with van der Waals surface area (Å²) in [4.78, 5) is 0. The first-order chi connectivity index (χ1) is 4.95. The van der Waals surface area contributed by atoms with Crippen LogP contribution in [0, 0.1) is 5.41 Å². The second-order valence-electron chi connectivity index (χ2n) is 3.83. The molecule has 1 heteroatoms. The highest BCUT2D eigenvalue weighted by molar-refractivity contribution is 5.32. The molecule has 1 aliphatic carbocycles. The number of rotatable bonds is 0. The van der Waals surface area contributed by atoms with Gasteiger partial charge in [-0.1, -0.05) is 31.6 Å². The van der Waals surface area contributed by atoms with Crippen molar-refractivity contribution in [2.24, 2.45) is 5.41 Å². The van der Waals surface area contributed by atoms with E-state index in [1.165, 1.54) is 5.57 Å². The standard InChI is InChI=1S/C10H16O/c1-7-8(2)10(3,4)6-5-9(7)11/h5-6,9,11H,1-4H3. The molecule has 0 spiro atoms. The molecule has 0 amide bonds. The smallest absolute Gasteiger partial charge is 0.0932 e. The monoisotopic (exact) mass is 152 g/mol. The van der Waals surface area contributed by atoms with Gasteiger partial charge < -0.3 is 5.11 Å². The minimum Gasteiger partial charge on any atom is -0.385 e. The summed E-state index contributed by atoms with van der Waals surface area (Å²) in [7, 11) is 0. The first-order valence-electron chi connectivity index (χ1n) is 4.00. The summed E-state index contributed by atoms with van der Waals surface area (Å²) in [6.07, 6.45) is 3.57. The van der Waals surface area contributed by atoms with Crippen LogP contribution in [0.5, 0.6) is 0 Å². The number of hydrogen-bond acceptors (Lipinski definition) is 1. The van der Waals surface area contributed by atoms with E-state index in [1.54, 1.807) is 0 Å². The Balaban J connectivity index is 3.04. The Morgan fingerprint density at radius 3 is 2.36 bits per heavy atom. The lowest BCUT2D eigenvalue weighted by molar-refractivity contribution is 0.249. The lowest BCUT2D eigenvalue weighted by Crippen LogP contribution is -2.21. The molecule has 0 heterocycles. The van der Waals surface area contributed by atoms with Gasteiger partial charge >= 0.3 is 0 Å². The lowest BCUT2D eigenvalue weighted by atomic mass is 9.77. The van der Waals surface area contributed by atoms with Gasteiger partial charge in [0, 0.05) is 5.41 Å². The van der Waals surface area contributed by atoms with Crippen LogP contribution in [0.15, 0.2) is 23.3 Å². The SMILES string of the molecule is CC1=C(C)C(C)(C)C=CC1O. The summed E-state index contributed by atoms with van der Waals surface area (Å²) < 4.78 is 0. The summed E-state index contributed by atoms with van der Waals surface area (Å²) in [5, 5.41) is 9.44. The van der Waals surface area contributed by atoms with Crippen LogP contribution < -0.4 is 0 Å². The molecular formula is C10H16O. The first kappa shape index (κ1) is 8.54. The summed E-state index contributed by atoms with van der Waals surface area (Å²) in [6.45, 7) is 8.40. The zero-order valence-electron chi connectivity index (χ0n) is 7.68. The van der Waals surface area contributed by atoms with E-state index in [-0.39, 0.29) is 11.5 Å². The molecule has 1 N–H and O–H groups in total. The molecule has 1 nitrogen and oxygen atoms in total. The van der Waals surface area contributed by atoms with Crippen LogP contribution in [0.25, 0.3) is 0 Å². The van der Waals surface area contributed by atoms with Crippen molar-refractivity contribution in [3.63, 3.8) is 0 Å². The zero-order valence-corrected chi connectivity index (χ0v) is 7.68. The molecule has 0 aromatic heterocycles. The van der Waals surface area contributed by atoms with Crippen LogP contribution in [0.4, 0.5) is 0 Å². The molecule has 1 atom stereocenters. The van der Waals surface area contributed by atoms with E-state index in [2.05, 4.69) is 26.8 Å². The minimum absolute atomic E-state index is 0.128. The van der Waals surface area contributed by atoms with Gasteiger partial charge in [0.25, 0.3) is 0 Å². The van der Waals surface area contributed by atoms with Crippen molar-refractivity contribution in [2.75, 3.05) is 0 Å². The fraction of sp³-hybridized carbons (Fsp3) is 0.600. The van der Waals surface area contributed by atoms with E-state index in [0.29, 0.717) is 0 Å². The topological polar surface area (TPSA) is 20.2 Å². The molecule has 0 saturated carbocycles. The highest BCUT2D eigenvalue weighted by Crippen LogP contribution is 2.34. The van der Waals surface area contributed by atoms with Gasteiger partial charge in [-0.2, -0.15) is 0 Å². The second kappa shape index (κ2) is 2.49. The number of hydrogen-bond donors (Lipinski definition) is 1. The Hall–Kier alpha value is -0.560. The average Bonchev–Trinajstić information content (AvgIpc) is 1.95. The lowest BCUT2D eigenvalue weighted by Gasteiger charge is -2.29. The molecule has 0 aliphatic heterocycles. The van der Waals surface area contributed by atoms with E-state index in [0.717, 1.165) is 5.57 Å². The maximum absolute atomic E-state index is 9.44. The normalized spacial score (nSPS) is 29.4. The summed E-state index contributed by atoms with van der Waals surface area (Å²) in [6, 6.07) is 0. The Bertz CT molecular complexity index is 221. The largest absolute Gasteiger partial charge is 0.385 e. The van der Waals surface area contributed by atoms with Gasteiger partial charge in [-0.3, -0.25) is 0 Å². The van der Waals surface area contributed by atoms with Crippen LogP contribution in [-0.4, -0.2) is 11.2 Å². The van der Waals surface area contributed by atoms with Gasteiger partial charge in [-0.05, 0) is 19.4 Å². The molecule has 0 radical (unpaired) electrons. The van der Waals surface area contributed by atoms with Crippen molar-refractivity contribution in [1.29, 1.82) is 0 Å². The van der Waals surface area contributed by atoms with Crippen molar-refractivity contribution < 1.29 is 5.11 Å². The van der Waals surface area contributed by atoms with Crippen LogP contribution in [-0.2, 0) is 0 Å². The Kier molecular flexibility index (Phi) is 1.93. The molecule has 0 saturated heterocycles. The zero-order chi connectivity index (χ0) is 8.65. The average molecular weight is 152 g/mol. The number of allylic oxidation sites excluding steroid dienone is 2. The van der Waals surface area contributed by atoms with Crippen molar-refractivity contribution in [2.45, 2.75) is 33.8 Å².